The maximum absolute atomic E-state index is 11.1. The van der Waals surface area contributed by atoms with Crippen molar-refractivity contribution in [2.75, 3.05) is 6.01 Å². The van der Waals surface area contributed by atoms with E-state index >= 15 is 0 Å². The molecule has 3 heteroatoms. The lowest BCUT2D eigenvalue weighted by Crippen LogP contribution is -1.72. The lowest BCUT2D eigenvalue weighted by Gasteiger charge is -1.82. The molecule has 0 bridgehead atoms. The van der Waals surface area contributed by atoms with E-state index < -0.39 is 6.01 Å². The van der Waals surface area contributed by atoms with Crippen LogP contribution in [0.5, 0.6) is 0 Å². The van der Waals surface area contributed by atoms with Gasteiger partial charge in [0.05, 0.1) is 0 Å². The van der Waals surface area contributed by atoms with Crippen molar-refractivity contribution in [1.29, 1.82) is 0 Å². The molecule has 0 unspecified atom stereocenters. The molecule has 36 valence electrons. The van der Waals surface area contributed by atoms with Gasteiger partial charge in [-0.2, -0.15) is 0 Å². The van der Waals surface area contributed by atoms with E-state index in [1.54, 1.807) is 6.92 Å². The highest BCUT2D eigenvalue weighted by Crippen LogP contribution is 2.01. The quantitative estimate of drug-likeness (QED) is 0.490. The van der Waals surface area contributed by atoms with Crippen molar-refractivity contribution in [3.8, 4) is 0 Å². The number of rotatable bonds is 1. The third-order valence-electron chi connectivity index (χ3n) is 0.258. The highest BCUT2D eigenvalue weighted by atomic mass is 32.2. The first kappa shape index (κ1) is 6.37. The molecule has 6 heavy (non-hydrogen) atoms. The van der Waals surface area contributed by atoms with Crippen LogP contribution in [0.1, 0.15) is 6.92 Å². The van der Waals surface area contributed by atoms with Gasteiger partial charge in [-0.05, 0) is 6.92 Å². The molecule has 0 radical (unpaired) electrons. The molecular weight excluding hydrogens is 119 g/mol. The van der Waals surface area contributed by atoms with Gasteiger partial charge in [0, 0.05) is 4.20 Å². The lowest BCUT2D eigenvalue weighted by molar-refractivity contribution is 0.607. The summed E-state index contributed by atoms with van der Waals surface area (Å²) in [5, 5.41) is 0. The number of alkyl halides is 1. The van der Waals surface area contributed by atoms with Crippen LogP contribution in [-0.2, 0) is 0 Å². The number of hydrogen-bond donors (Lipinski definition) is 0. The van der Waals surface area contributed by atoms with E-state index in [0.717, 1.165) is 11.8 Å². The number of thioether (sulfide) groups is 1. The first-order chi connectivity index (χ1) is 2.77. The predicted octanol–water partition coefficient (Wildman–Crippen LogP) is 1.99. The van der Waals surface area contributed by atoms with Crippen LogP contribution < -0.4 is 0 Å². The van der Waals surface area contributed by atoms with Crippen molar-refractivity contribution in [1.82, 2.24) is 0 Å². The van der Waals surface area contributed by atoms with Crippen molar-refractivity contribution in [2.24, 2.45) is 0 Å². The summed E-state index contributed by atoms with van der Waals surface area (Å²) in [6, 6.07) is -0.394. The molecular formula is C3H5FS2. The molecule has 0 heterocycles. The molecule has 0 spiro atoms. The third-order valence-corrected chi connectivity index (χ3v) is 1.13. The minimum absolute atomic E-state index is 0.394. The Kier molecular flexibility index (Phi) is 3.78. The molecule has 0 aliphatic rings. The molecule has 0 saturated carbocycles. The van der Waals surface area contributed by atoms with Crippen LogP contribution in [0.2, 0.25) is 0 Å². The molecule has 0 saturated heterocycles. The van der Waals surface area contributed by atoms with Crippen molar-refractivity contribution < 1.29 is 4.39 Å². The molecule has 0 aromatic heterocycles. The second-order valence-corrected chi connectivity index (χ2v) is 2.74. The smallest absolute Gasteiger partial charge is 0.140 e. The lowest BCUT2D eigenvalue weighted by atomic mass is 11.0. The van der Waals surface area contributed by atoms with Crippen LogP contribution in [0.3, 0.4) is 0 Å². The summed E-state index contributed by atoms with van der Waals surface area (Å²) in [6.45, 7) is 1.71. The fraction of sp³-hybridized carbons (Fsp3) is 0.667. The predicted molar refractivity (Wildman–Crippen MR) is 31.8 cm³/mol. The number of hydrogen-bond acceptors (Lipinski definition) is 2. The zero-order valence-electron chi connectivity index (χ0n) is 3.40. The summed E-state index contributed by atoms with van der Waals surface area (Å²) < 4.78 is 11.8. The van der Waals surface area contributed by atoms with Crippen LogP contribution >= 0.6 is 24.0 Å². The highest BCUT2D eigenvalue weighted by Gasteiger charge is 1.81. The Labute approximate surface area is 46.1 Å². The second-order valence-electron chi connectivity index (χ2n) is 0.745. The molecule has 0 N–H and O–H groups in total. The SMILES string of the molecule is CC(=S)SCF. The average Bonchev–Trinajstić information content (AvgIpc) is 1.35. The van der Waals surface area contributed by atoms with E-state index in [9.17, 15) is 4.39 Å². The van der Waals surface area contributed by atoms with E-state index in [0.29, 0.717) is 4.20 Å². The normalized spacial score (nSPS) is 8.33. The van der Waals surface area contributed by atoms with Gasteiger partial charge in [0.25, 0.3) is 0 Å². The van der Waals surface area contributed by atoms with Gasteiger partial charge in [0.2, 0.25) is 0 Å². The Morgan fingerprint density at radius 1 is 2.00 bits per heavy atom. The fourth-order valence-corrected chi connectivity index (χ4v) is 0.364. The van der Waals surface area contributed by atoms with Crippen molar-refractivity contribution in [3.05, 3.63) is 0 Å². The van der Waals surface area contributed by atoms with E-state index in [1.807, 2.05) is 0 Å². The summed E-state index contributed by atoms with van der Waals surface area (Å²) in [5.74, 6) is 0. The standard InChI is InChI=1S/C3H5FS2/c1-3(5)6-2-4/h2H2,1H3. The Bertz CT molecular complexity index is 52.8. The van der Waals surface area contributed by atoms with Gasteiger partial charge in [0.15, 0.2) is 0 Å². The van der Waals surface area contributed by atoms with Gasteiger partial charge in [-0.25, -0.2) is 4.39 Å². The summed E-state index contributed by atoms with van der Waals surface area (Å²) in [7, 11) is 0. The molecule has 0 aliphatic carbocycles. The molecule has 0 amide bonds. The van der Waals surface area contributed by atoms with E-state index in [-0.39, 0.29) is 0 Å². The van der Waals surface area contributed by atoms with Crippen LogP contribution in [-0.4, -0.2) is 10.2 Å². The van der Waals surface area contributed by atoms with Crippen LogP contribution in [0.25, 0.3) is 0 Å². The molecule has 0 aliphatic heterocycles. The molecule has 0 atom stereocenters. The first-order valence-electron chi connectivity index (χ1n) is 1.46. The Morgan fingerprint density at radius 3 is 2.50 bits per heavy atom. The minimum atomic E-state index is -0.394. The van der Waals surface area contributed by atoms with Crippen LogP contribution in [0.15, 0.2) is 0 Å². The largest absolute Gasteiger partial charge is 0.239 e. The van der Waals surface area contributed by atoms with Gasteiger partial charge in [-0.3, -0.25) is 0 Å². The topological polar surface area (TPSA) is 0 Å². The summed E-state index contributed by atoms with van der Waals surface area (Å²) in [6.07, 6.45) is 0. The van der Waals surface area contributed by atoms with Gasteiger partial charge in [0.1, 0.15) is 6.01 Å². The van der Waals surface area contributed by atoms with E-state index in [1.165, 1.54) is 0 Å². The third kappa shape index (κ3) is 4.37. The van der Waals surface area contributed by atoms with Gasteiger partial charge in [-0.15, -0.1) is 0 Å². The maximum atomic E-state index is 11.1. The minimum Gasteiger partial charge on any atom is -0.239 e. The molecule has 0 nitrogen and oxygen atoms in total. The molecule has 0 aromatic rings. The van der Waals surface area contributed by atoms with Crippen LogP contribution in [0, 0.1) is 0 Å². The van der Waals surface area contributed by atoms with Gasteiger partial charge in [-0.1, -0.05) is 24.0 Å². The first-order valence-corrected chi connectivity index (χ1v) is 2.86. The zero-order chi connectivity index (χ0) is 4.99. The van der Waals surface area contributed by atoms with Crippen molar-refractivity contribution in [3.63, 3.8) is 0 Å². The number of halogens is 1. The van der Waals surface area contributed by atoms with Gasteiger partial charge >= 0.3 is 0 Å². The molecule has 0 aromatic carbocycles. The maximum Gasteiger partial charge on any atom is 0.140 e. The van der Waals surface area contributed by atoms with Crippen molar-refractivity contribution in [2.45, 2.75) is 6.92 Å². The Balaban J connectivity index is 2.83. The second kappa shape index (κ2) is 3.56. The van der Waals surface area contributed by atoms with Gasteiger partial charge < -0.3 is 0 Å². The average molecular weight is 124 g/mol. The Morgan fingerprint density at radius 2 is 2.50 bits per heavy atom. The van der Waals surface area contributed by atoms with E-state index in [2.05, 4.69) is 12.2 Å². The van der Waals surface area contributed by atoms with Crippen molar-refractivity contribution >= 4 is 28.2 Å². The summed E-state index contributed by atoms with van der Waals surface area (Å²) in [5.41, 5.74) is 0. The molecule has 0 fully saturated rings. The fourth-order valence-electron chi connectivity index (χ4n) is 0.0768. The number of thiocarbonyl (C=S) groups is 1. The Hall–Kier alpha value is 0.370. The monoisotopic (exact) mass is 124 g/mol. The van der Waals surface area contributed by atoms with E-state index in [4.69, 9.17) is 0 Å². The summed E-state index contributed by atoms with van der Waals surface area (Å²) in [4.78, 5) is 0. The summed E-state index contributed by atoms with van der Waals surface area (Å²) >= 11 is 5.57. The van der Waals surface area contributed by atoms with Crippen LogP contribution in [0.4, 0.5) is 4.39 Å². The molecule has 0 rings (SSSR count). The zero-order valence-corrected chi connectivity index (χ0v) is 5.03. The highest BCUT2D eigenvalue weighted by molar-refractivity contribution is 8.22.